The number of imide groups is 1. The van der Waals surface area contributed by atoms with Crippen LogP contribution in [0.1, 0.15) is 67.0 Å². The number of aromatic nitrogens is 1. The number of pyridine rings is 1. The first-order valence-corrected chi connectivity index (χ1v) is 16.4. The molecule has 3 heterocycles. The van der Waals surface area contributed by atoms with E-state index in [1.807, 2.05) is 90.9 Å². The summed E-state index contributed by atoms with van der Waals surface area (Å²) in [4.78, 5) is 34.8. The zero-order valence-corrected chi connectivity index (χ0v) is 28.6. The van der Waals surface area contributed by atoms with Crippen molar-refractivity contribution in [3.8, 4) is 17.0 Å². The second kappa shape index (κ2) is 21.9. The monoisotopic (exact) mass is 621 g/mol. The molecule has 0 aliphatic carbocycles. The lowest BCUT2D eigenvalue weighted by Crippen LogP contribution is -2.36. The molecule has 1 aromatic carbocycles. The zero-order chi connectivity index (χ0) is 32.9. The molecule has 0 saturated carbocycles. The smallest absolute Gasteiger partial charge is 0.290 e. The lowest BCUT2D eigenvalue weighted by molar-refractivity contribution is -0.115. The van der Waals surface area contributed by atoms with E-state index in [4.69, 9.17) is 9.72 Å². The summed E-state index contributed by atoms with van der Waals surface area (Å²) in [6.45, 7) is 21.5. The summed E-state index contributed by atoms with van der Waals surface area (Å²) in [6, 6.07) is 14.1. The van der Waals surface area contributed by atoms with E-state index in [0.29, 0.717) is 10.8 Å². The van der Waals surface area contributed by atoms with E-state index >= 15 is 0 Å². The molecule has 4 rings (SSSR count). The van der Waals surface area contributed by atoms with Crippen LogP contribution in [0.15, 0.2) is 82.5 Å². The standard InChI is InChI=1S/C29H33N5O3S.3C2H6/c1-20(17-27-28(35)33-29(36)38-27)11-14-31-21(2)34-15-12-22(13-16-34)18-30-19-24-5-4-6-26(32-24)23-7-9-25(37-3)10-8-23;3*1-2/h4-11,14,17,22,30H,2,12-13,15-16,18-19H2,1,3H3,(H,33,35,36);3*1-2H3/b20-11+,27-17-,31-14-;;;. The van der Waals surface area contributed by atoms with Crippen LogP contribution in [0.2, 0.25) is 0 Å². The summed E-state index contributed by atoms with van der Waals surface area (Å²) in [5.41, 5.74) is 3.89. The molecule has 2 N–H and O–H groups in total. The molecule has 0 spiro atoms. The number of rotatable bonds is 10. The van der Waals surface area contributed by atoms with Gasteiger partial charge in [-0.1, -0.05) is 54.2 Å². The van der Waals surface area contributed by atoms with Gasteiger partial charge in [-0.25, -0.2) is 4.99 Å². The van der Waals surface area contributed by atoms with Crippen LogP contribution in [0, 0.1) is 5.92 Å². The fourth-order valence-corrected chi connectivity index (χ4v) is 5.03. The van der Waals surface area contributed by atoms with Gasteiger partial charge in [0.15, 0.2) is 0 Å². The molecule has 44 heavy (non-hydrogen) atoms. The van der Waals surface area contributed by atoms with Crippen molar-refractivity contribution in [3.05, 3.63) is 83.2 Å². The number of piperidine rings is 1. The number of nitrogens with one attached hydrogen (secondary N) is 2. The fourth-order valence-electron chi connectivity index (χ4n) is 4.30. The Hall–Kier alpha value is -3.69. The molecule has 1 aromatic heterocycles. The highest BCUT2D eigenvalue weighted by Gasteiger charge is 2.24. The maximum absolute atomic E-state index is 11.6. The molecule has 240 valence electrons. The van der Waals surface area contributed by atoms with Gasteiger partial charge >= 0.3 is 0 Å². The van der Waals surface area contributed by atoms with Crippen LogP contribution in [0.5, 0.6) is 5.75 Å². The Labute approximate surface area is 269 Å². The van der Waals surface area contributed by atoms with Crippen molar-refractivity contribution >= 4 is 29.1 Å². The SMILES string of the molecule is C=C(\N=C/C=C(C)/C=C1\SC(=O)NC1=O)N1CCC(CNCc2cccc(-c3ccc(OC)cc3)n2)CC1.CC.CC.CC. The highest BCUT2D eigenvalue weighted by atomic mass is 32.2. The summed E-state index contributed by atoms with van der Waals surface area (Å²) < 4.78 is 5.24. The van der Waals surface area contributed by atoms with Crippen molar-refractivity contribution in [2.24, 2.45) is 10.9 Å². The largest absolute Gasteiger partial charge is 0.497 e. The Morgan fingerprint density at radius 3 is 2.34 bits per heavy atom. The van der Waals surface area contributed by atoms with E-state index in [1.165, 1.54) is 0 Å². The van der Waals surface area contributed by atoms with Crippen LogP contribution in [0.25, 0.3) is 11.3 Å². The fraction of sp³-hybridized carbons (Fsp3) is 0.429. The molecular formula is C35H51N5O3S. The van der Waals surface area contributed by atoms with Gasteiger partial charge in [0.05, 0.1) is 23.4 Å². The number of hydrogen-bond donors (Lipinski definition) is 2. The van der Waals surface area contributed by atoms with E-state index in [1.54, 1.807) is 19.4 Å². The summed E-state index contributed by atoms with van der Waals surface area (Å²) in [5.74, 6) is 1.81. The van der Waals surface area contributed by atoms with E-state index in [9.17, 15) is 9.59 Å². The molecular weight excluding hydrogens is 570 g/mol. The first kappa shape index (κ1) is 38.3. The number of nitrogens with zero attached hydrogens (tertiary/aromatic N) is 3. The molecule has 2 fully saturated rings. The number of allylic oxidation sites excluding steroid dienone is 3. The van der Waals surface area contributed by atoms with Gasteiger partial charge < -0.3 is 15.0 Å². The van der Waals surface area contributed by atoms with Gasteiger partial charge in [-0.05, 0) is 98.1 Å². The number of carbonyl (C=O) groups excluding carboxylic acids is 2. The number of aliphatic imine (C=N–C) groups is 1. The van der Waals surface area contributed by atoms with Crippen molar-refractivity contribution in [2.75, 3.05) is 26.7 Å². The van der Waals surface area contributed by atoms with Gasteiger partial charge in [0.2, 0.25) is 0 Å². The van der Waals surface area contributed by atoms with Gasteiger partial charge in [-0.2, -0.15) is 0 Å². The van der Waals surface area contributed by atoms with Gasteiger partial charge in [-0.15, -0.1) is 0 Å². The molecule has 0 radical (unpaired) electrons. The maximum Gasteiger partial charge on any atom is 0.290 e. The minimum atomic E-state index is -0.357. The second-order valence-electron chi connectivity index (χ2n) is 9.26. The lowest BCUT2D eigenvalue weighted by atomic mass is 9.97. The molecule has 2 saturated heterocycles. The summed E-state index contributed by atoms with van der Waals surface area (Å²) in [7, 11) is 1.67. The summed E-state index contributed by atoms with van der Waals surface area (Å²) in [6.07, 6.45) is 7.32. The molecule has 2 amide bonds. The number of benzene rings is 1. The van der Waals surface area contributed by atoms with E-state index < -0.39 is 0 Å². The van der Waals surface area contributed by atoms with Crippen LogP contribution in [0.3, 0.4) is 0 Å². The Kier molecular flexibility index (Phi) is 19.1. The molecule has 0 atom stereocenters. The highest BCUT2D eigenvalue weighted by Crippen LogP contribution is 2.24. The van der Waals surface area contributed by atoms with Crippen LogP contribution in [-0.2, 0) is 11.3 Å². The molecule has 9 heteroatoms. The normalized spacial score (nSPS) is 15.9. The number of carbonyl (C=O) groups is 2. The number of thioether (sulfide) groups is 1. The number of likely N-dealkylation sites (tertiary alicyclic amines) is 1. The van der Waals surface area contributed by atoms with Crippen LogP contribution >= 0.6 is 11.8 Å². The van der Waals surface area contributed by atoms with Crippen molar-refractivity contribution in [1.29, 1.82) is 0 Å². The molecule has 0 unspecified atom stereocenters. The number of ether oxygens (including phenoxy) is 1. The topological polar surface area (TPSA) is 95.9 Å². The van der Waals surface area contributed by atoms with Crippen LogP contribution in [-0.4, -0.2) is 54.0 Å². The van der Waals surface area contributed by atoms with Crippen molar-refractivity contribution < 1.29 is 14.3 Å². The summed E-state index contributed by atoms with van der Waals surface area (Å²) >= 11 is 0.907. The first-order valence-electron chi connectivity index (χ1n) is 15.6. The lowest BCUT2D eigenvalue weighted by Gasteiger charge is -2.33. The van der Waals surface area contributed by atoms with E-state index in [-0.39, 0.29) is 11.1 Å². The van der Waals surface area contributed by atoms with Gasteiger partial charge in [0.1, 0.15) is 11.6 Å². The maximum atomic E-state index is 11.6. The Balaban J connectivity index is 0.00000152. The third-order valence-electron chi connectivity index (χ3n) is 6.47. The third kappa shape index (κ3) is 12.9. The molecule has 2 aliphatic heterocycles. The molecule has 8 nitrogen and oxygen atoms in total. The predicted octanol–water partition coefficient (Wildman–Crippen LogP) is 7.99. The zero-order valence-electron chi connectivity index (χ0n) is 27.8. The molecule has 2 aliphatic rings. The van der Waals surface area contributed by atoms with Crippen molar-refractivity contribution in [3.63, 3.8) is 0 Å². The van der Waals surface area contributed by atoms with E-state index in [2.05, 4.69) is 33.2 Å². The second-order valence-corrected chi connectivity index (χ2v) is 10.3. The Morgan fingerprint density at radius 2 is 1.75 bits per heavy atom. The average molecular weight is 622 g/mol. The average Bonchev–Trinajstić information content (AvgIpc) is 3.39. The minimum absolute atomic E-state index is 0.342. The number of amides is 2. The third-order valence-corrected chi connectivity index (χ3v) is 7.28. The highest BCUT2D eigenvalue weighted by molar-refractivity contribution is 8.18. The first-order chi connectivity index (χ1) is 21.4. The quantitative estimate of drug-likeness (QED) is 0.205. The predicted molar refractivity (Wildman–Crippen MR) is 187 cm³/mol. The summed E-state index contributed by atoms with van der Waals surface area (Å²) in [5, 5.41) is 5.48. The molecule has 2 aromatic rings. The number of methoxy groups -OCH3 is 1. The van der Waals surface area contributed by atoms with Crippen molar-refractivity contribution in [2.45, 2.75) is 67.9 Å². The van der Waals surface area contributed by atoms with Gasteiger partial charge in [0, 0.05) is 31.4 Å². The Bertz CT molecular complexity index is 1260. The van der Waals surface area contributed by atoms with Gasteiger partial charge in [0.25, 0.3) is 11.1 Å². The Morgan fingerprint density at radius 1 is 1.09 bits per heavy atom. The number of hydrogen-bond acceptors (Lipinski definition) is 8. The minimum Gasteiger partial charge on any atom is -0.497 e. The van der Waals surface area contributed by atoms with Crippen molar-refractivity contribution in [1.82, 2.24) is 20.5 Å². The van der Waals surface area contributed by atoms with Crippen LogP contribution in [0.4, 0.5) is 4.79 Å². The van der Waals surface area contributed by atoms with Gasteiger partial charge in [-0.3, -0.25) is 19.9 Å². The van der Waals surface area contributed by atoms with Crippen LogP contribution < -0.4 is 15.4 Å². The van der Waals surface area contributed by atoms with E-state index in [0.717, 1.165) is 84.9 Å². The molecule has 0 bridgehead atoms.